The molecule has 3 rings (SSSR count). The summed E-state index contributed by atoms with van der Waals surface area (Å²) in [5.74, 6) is -1.54. The number of hydrogen-bond acceptors (Lipinski definition) is 2. The molecule has 0 saturated carbocycles. The van der Waals surface area contributed by atoms with E-state index in [1.54, 1.807) is 0 Å². The van der Waals surface area contributed by atoms with E-state index in [9.17, 15) is 13.2 Å². The number of benzene rings is 2. The van der Waals surface area contributed by atoms with Gasteiger partial charge in [0, 0.05) is 29.0 Å². The molecule has 0 amide bonds. The fraction of sp³-hybridized carbons (Fsp3) is 0.368. The molecule has 0 fully saturated rings. The molecule has 0 aromatic heterocycles. The van der Waals surface area contributed by atoms with Crippen LogP contribution in [0.25, 0.3) is 10.8 Å². The first-order valence-corrected chi connectivity index (χ1v) is 9.23. The molecule has 0 saturated heterocycles. The molecule has 1 atom stereocenters. The predicted molar refractivity (Wildman–Crippen MR) is 104 cm³/mol. The van der Waals surface area contributed by atoms with Crippen LogP contribution in [0.5, 0.6) is 0 Å². The standard InChI is InChI=1S/C17H19BrN2.C2HF3O2/c1-3-5-16(19)20-10-11(2)17-13-6-4-7-14(18)12(13)8-9-15(17)20;3-2(4,5)1(6)7/h4,6-9,11,19H,3,5,10H2,1-2H3;(H,6,7). The maximum absolute atomic E-state index is 10.6. The van der Waals surface area contributed by atoms with Crippen molar-refractivity contribution in [3.63, 3.8) is 0 Å². The largest absolute Gasteiger partial charge is 0.490 e. The molecule has 1 aliphatic heterocycles. The van der Waals surface area contributed by atoms with Gasteiger partial charge < -0.3 is 10.0 Å². The Morgan fingerprint density at radius 1 is 1.30 bits per heavy atom. The van der Waals surface area contributed by atoms with Crippen LogP contribution in [0.1, 0.15) is 38.2 Å². The Balaban J connectivity index is 0.000000321. The van der Waals surface area contributed by atoms with Gasteiger partial charge in [0.05, 0.1) is 0 Å². The highest BCUT2D eigenvalue weighted by atomic mass is 79.9. The Morgan fingerprint density at radius 3 is 2.48 bits per heavy atom. The van der Waals surface area contributed by atoms with E-state index in [2.05, 4.69) is 65.0 Å². The summed E-state index contributed by atoms with van der Waals surface area (Å²) >= 11 is 3.64. The Morgan fingerprint density at radius 2 is 1.93 bits per heavy atom. The maximum Gasteiger partial charge on any atom is 0.490 e. The molecular weight excluding hydrogens is 425 g/mol. The molecular formula is C19H20BrF3N2O2. The highest BCUT2D eigenvalue weighted by Gasteiger charge is 2.38. The van der Waals surface area contributed by atoms with Crippen LogP contribution in [-0.4, -0.2) is 29.6 Å². The van der Waals surface area contributed by atoms with Crippen molar-refractivity contribution >= 4 is 44.2 Å². The molecule has 27 heavy (non-hydrogen) atoms. The summed E-state index contributed by atoms with van der Waals surface area (Å²) in [4.78, 5) is 11.1. The van der Waals surface area contributed by atoms with Crippen LogP contribution in [-0.2, 0) is 4.79 Å². The van der Waals surface area contributed by atoms with Crippen LogP contribution < -0.4 is 4.90 Å². The van der Waals surface area contributed by atoms with Gasteiger partial charge in [0.2, 0.25) is 0 Å². The van der Waals surface area contributed by atoms with Gasteiger partial charge in [-0.3, -0.25) is 5.41 Å². The number of carbonyl (C=O) groups is 1. The molecule has 0 aliphatic carbocycles. The molecule has 146 valence electrons. The van der Waals surface area contributed by atoms with E-state index in [1.165, 1.54) is 22.0 Å². The second-order valence-electron chi connectivity index (χ2n) is 6.34. The van der Waals surface area contributed by atoms with Crippen LogP contribution in [0, 0.1) is 5.41 Å². The van der Waals surface area contributed by atoms with Gasteiger partial charge in [-0.25, -0.2) is 4.79 Å². The molecule has 4 nitrogen and oxygen atoms in total. The zero-order chi connectivity index (χ0) is 20.4. The lowest BCUT2D eigenvalue weighted by atomic mass is 9.96. The maximum atomic E-state index is 10.6. The highest BCUT2D eigenvalue weighted by Crippen LogP contribution is 2.42. The minimum absolute atomic E-state index is 0.472. The van der Waals surface area contributed by atoms with Crippen molar-refractivity contribution in [1.82, 2.24) is 0 Å². The molecule has 0 spiro atoms. The first-order valence-electron chi connectivity index (χ1n) is 8.44. The Kier molecular flexibility index (Phi) is 6.51. The van der Waals surface area contributed by atoms with Crippen molar-refractivity contribution in [2.75, 3.05) is 11.4 Å². The van der Waals surface area contributed by atoms with Crippen molar-refractivity contribution in [3.05, 3.63) is 40.4 Å². The SMILES string of the molecule is CCCC(=N)N1CC(C)c2c1ccc1c(Br)cccc21.O=C(O)C(F)(F)F. The zero-order valence-electron chi connectivity index (χ0n) is 14.9. The normalized spacial score (nSPS) is 15.9. The fourth-order valence-corrected chi connectivity index (χ4v) is 3.67. The number of halogens is 4. The lowest BCUT2D eigenvalue weighted by molar-refractivity contribution is -0.192. The number of carboxylic acid groups (broad SMARTS) is 1. The van der Waals surface area contributed by atoms with Gasteiger partial charge in [0.15, 0.2) is 0 Å². The van der Waals surface area contributed by atoms with Crippen LogP contribution in [0.4, 0.5) is 18.9 Å². The van der Waals surface area contributed by atoms with Crippen molar-refractivity contribution in [3.8, 4) is 0 Å². The summed E-state index contributed by atoms with van der Waals surface area (Å²) in [6.07, 6.45) is -3.21. The molecule has 2 aromatic carbocycles. The topological polar surface area (TPSA) is 64.4 Å². The van der Waals surface area contributed by atoms with Crippen molar-refractivity contribution in [1.29, 1.82) is 5.41 Å². The molecule has 2 aromatic rings. The first-order chi connectivity index (χ1) is 12.6. The van der Waals surface area contributed by atoms with Gasteiger partial charge in [-0.1, -0.05) is 48.0 Å². The van der Waals surface area contributed by atoms with Gasteiger partial charge in [-0.15, -0.1) is 0 Å². The van der Waals surface area contributed by atoms with Gasteiger partial charge in [-0.2, -0.15) is 13.2 Å². The van der Waals surface area contributed by atoms with Gasteiger partial charge in [-0.05, 0) is 34.9 Å². The van der Waals surface area contributed by atoms with Crippen LogP contribution in [0.15, 0.2) is 34.8 Å². The number of carboxylic acids is 1. The molecule has 8 heteroatoms. The van der Waals surface area contributed by atoms with E-state index in [4.69, 9.17) is 15.3 Å². The monoisotopic (exact) mass is 444 g/mol. The third-order valence-electron chi connectivity index (χ3n) is 4.32. The molecule has 1 heterocycles. The van der Waals surface area contributed by atoms with Gasteiger partial charge >= 0.3 is 12.1 Å². The third kappa shape index (κ3) is 4.61. The number of aliphatic carboxylic acids is 1. The third-order valence-corrected chi connectivity index (χ3v) is 5.01. The molecule has 0 bridgehead atoms. The average Bonchev–Trinajstić information content (AvgIpc) is 2.92. The summed E-state index contributed by atoms with van der Waals surface area (Å²) in [6.45, 7) is 5.32. The Hall–Kier alpha value is -2.09. The number of nitrogens with one attached hydrogen (secondary N) is 1. The minimum atomic E-state index is -5.08. The van der Waals surface area contributed by atoms with E-state index in [-0.39, 0.29) is 0 Å². The zero-order valence-corrected chi connectivity index (χ0v) is 16.5. The quantitative estimate of drug-likeness (QED) is 0.445. The van der Waals surface area contributed by atoms with E-state index < -0.39 is 12.1 Å². The number of fused-ring (bicyclic) bond motifs is 3. The molecule has 1 aliphatic rings. The Bertz CT molecular complexity index is 868. The van der Waals surface area contributed by atoms with Crippen LogP contribution >= 0.6 is 15.9 Å². The number of amidine groups is 1. The van der Waals surface area contributed by atoms with Crippen molar-refractivity contribution in [2.24, 2.45) is 0 Å². The number of nitrogens with zero attached hydrogens (tertiary/aromatic N) is 1. The molecule has 1 unspecified atom stereocenters. The van der Waals surface area contributed by atoms with Crippen LogP contribution in [0.3, 0.4) is 0 Å². The van der Waals surface area contributed by atoms with E-state index >= 15 is 0 Å². The summed E-state index contributed by atoms with van der Waals surface area (Å²) in [6, 6.07) is 10.7. The van der Waals surface area contributed by atoms with E-state index in [0.29, 0.717) is 5.92 Å². The second-order valence-corrected chi connectivity index (χ2v) is 7.20. The highest BCUT2D eigenvalue weighted by molar-refractivity contribution is 9.10. The first kappa shape index (κ1) is 21.2. The van der Waals surface area contributed by atoms with Crippen molar-refractivity contribution < 1.29 is 23.1 Å². The lowest BCUT2D eigenvalue weighted by Gasteiger charge is -2.20. The number of anilines is 1. The summed E-state index contributed by atoms with van der Waals surface area (Å²) in [7, 11) is 0. The number of rotatable bonds is 2. The average molecular weight is 445 g/mol. The minimum Gasteiger partial charge on any atom is -0.475 e. The molecule has 0 radical (unpaired) electrons. The summed E-state index contributed by atoms with van der Waals surface area (Å²) in [5, 5.41) is 18.0. The summed E-state index contributed by atoms with van der Waals surface area (Å²) < 4.78 is 32.9. The number of alkyl halides is 3. The fourth-order valence-electron chi connectivity index (χ4n) is 3.18. The van der Waals surface area contributed by atoms with E-state index in [0.717, 1.165) is 29.7 Å². The summed E-state index contributed by atoms with van der Waals surface area (Å²) in [5.41, 5.74) is 2.62. The van der Waals surface area contributed by atoms with E-state index in [1.807, 2.05) is 0 Å². The second kappa shape index (κ2) is 8.29. The predicted octanol–water partition coefficient (Wildman–Crippen LogP) is 5.94. The van der Waals surface area contributed by atoms with Gasteiger partial charge in [0.1, 0.15) is 5.84 Å². The molecule has 2 N–H and O–H groups in total. The smallest absolute Gasteiger partial charge is 0.475 e. The lowest BCUT2D eigenvalue weighted by Crippen LogP contribution is -2.28. The number of hydrogen-bond donors (Lipinski definition) is 2. The Labute approximate surface area is 163 Å². The van der Waals surface area contributed by atoms with Gasteiger partial charge in [0.25, 0.3) is 0 Å². The van der Waals surface area contributed by atoms with Crippen LogP contribution in [0.2, 0.25) is 0 Å². The van der Waals surface area contributed by atoms with Crippen molar-refractivity contribution in [2.45, 2.75) is 38.8 Å².